The van der Waals surface area contributed by atoms with Crippen LogP contribution in [0.15, 0.2) is 24.7 Å². The van der Waals surface area contributed by atoms with Gasteiger partial charge in [-0.3, -0.25) is 9.52 Å². The number of hydrogen-bond acceptors (Lipinski definition) is 6. The van der Waals surface area contributed by atoms with E-state index in [1.165, 1.54) is 19.6 Å². The van der Waals surface area contributed by atoms with Crippen molar-refractivity contribution in [2.45, 2.75) is 37.4 Å². The first-order valence-corrected chi connectivity index (χ1v) is 11.3. The monoisotopic (exact) mass is 450 g/mol. The summed E-state index contributed by atoms with van der Waals surface area (Å²) in [5, 5.41) is -0.484. The van der Waals surface area contributed by atoms with E-state index in [-0.39, 0.29) is 22.5 Å². The van der Waals surface area contributed by atoms with Crippen molar-refractivity contribution in [1.82, 2.24) is 15.0 Å². The first-order valence-electron chi connectivity index (χ1n) is 9.74. The van der Waals surface area contributed by atoms with Crippen LogP contribution in [-0.4, -0.2) is 41.5 Å². The minimum Gasteiger partial charge on any atom is -0.480 e. The molecule has 1 aliphatic rings. The van der Waals surface area contributed by atoms with Crippen molar-refractivity contribution in [3.8, 4) is 5.88 Å². The van der Waals surface area contributed by atoms with E-state index in [2.05, 4.69) is 19.7 Å². The first-order chi connectivity index (χ1) is 14.8. The van der Waals surface area contributed by atoms with Crippen LogP contribution in [0, 0.1) is 11.6 Å². The summed E-state index contributed by atoms with van der Waals surface area (Å²) in [6.45, 7) is 0. The van der Waals surface area contributed by atoms with Gasteiger partial charge in [-0.25, -0.2) is 27.2 Å². The zero-order chi connectivity index (χ0) is 22.2. The van der Waals surface area contributed by atoms with Gasteiger partial charge < -0.3 is 9.72 Å². The number of halogens is 2. The van der Waals surface area contributed by atoms with Gasteiger partial charge in [-0.15, -0.1) is 0 Å². The molecule has 0 saturated heterocycles. The van der Waals surface area contributed by atoms with Crippen molar-refractivity contribution < 1.29 is 26.7 Å². The average Bonchev–Trinajstić information content (AvgIpc) is 3.21. The number of H-pyrrole nitrogens is 1. The first kappa shape index (κ1) is 21.2. The van der Waals surface area contributed by atoms with Gasteiger partial charge in [0.2, 0.25) is 21.7 Å². The predicted octanol–water partition coefficient (Wildman–Crippen LogP) is 3.55. The van der Waals surface area contributed by atoms with Crippen molar-refractivity contribution >= 4 is 32.5 Å². The van der Waals surface area contributed by atoms with Crippen molar-refractivity contribution in [3.63, 3.8) is 0 Å². The van der Waals surface area contributed by atoms with E-state index < -0.39 is 43.9 Å². The van der Waals surface area contributed by atoms with E-state index in [9.17, 15) is 17.6 Å². The largest absolute Gasteiger partial charge is 0.480 e. The Hall–Kier alpha value is -3.08. The van der Waals surface area contributed by atoms with E-state index in [4.69, 9.17) is 4.74 Å². The van der Waals surface area contributed by atoms with Crippen LogP contribution in [-0.2, 0) is 10.0 Å². The van der Waals surface area contributed by atoms with Crippen LogP contribution in [0.25, 0.3) is 11.0 Å². The molecule has 31 heavy (non-hydrogen) atoms. The second-order valence-electron chi connectivity index (χ2n) is 7.33. The number of methoxy groups -OCH3 is 1. The summed E-state index contributed by atoms with van der Waals surface area (Å²) in [5.74, 6) is -3.33. The summed E-state index contributed by atoms with van der Waals surface area (Å²) in [6, 6.07) is 1.83. The quantitative estimate of drug-likeness (QED) is 0.555. The lowest BCUT2D eigenvalue weighted by Gasteiger charge is -2.22. The van der Waals surface area contributed by atoms with Crippen molar-refractivity contribution in [2.24, 2.45) is 0 Å². The minimum absolute atomic E-state index is 0.0598. The lowest BCUT2D eigenvalue weighted by molar-refractivity contribution is 0.103. The molecule has 0 bridgehead atoms. The highest BCUT2D eigenvalue weighted by molar-refractivity contribution is 7.93. The molecule has 0 radical (unpaired) electrons. The topological polar surface area (TPSA) is 114 Å². The normalized spacial score (nSPS) is 15.2. The molecule has 1 fully saturated rings. The third-order valence-electron chi connectivity index (χ3n) is 5.43. The van der Waals surface area contributed by atoms with Crippen LogP contribution in [0.5, 0.6) is 5.88 Å². The van der Waals surface area contributed by atoms with Gasteiger partial charge >= 0.3 is 0 Å². The summed E-state index contributed by atoms with van der Waals surface area (Å²) >= 11 is 0. The maximum Gasteiger partial charge on any atom is 0.235 e. The second kappa shape index (κ2) is 8.22. The molecule has 0 atom stereocenters. The minimum atomic E-state index is -3.88. The lowest BCUT2D eigenvalue weighted by Crippen LogP contribution is -2.30. The fourth-order valence-electron chi connectivity index (χ4n) is 3.85. The van der Waals surface area contributed by atoms with Crippen molar-refractivity contribution in [1.29, 1.82) is 0 Å². The number of aromatic nitrogens is 3. The second-order valence-corrected chi connectivity index (χ2v) is 9.29. The van der Waals surface area contributed by atoms with Gasteiger partial charge in [0.25, 0.3) is 0 Å². The van der Waals surface area contributed by atoms with Gasteiger partial charge in [-0.05, 0) is 25.0 Å². The highest BCUT2D eigenvalue weighted by atomic mass is 32.2. The number of rotatable bonds is 6. The lowest BCUT2D eigenvalue weighted by atomic mass is 10.0. The molecule has 3 aromatic rings. The van der Waals surface area contributed by atoms with E-state index in [0.717, 1.165) is 31.4 Å². The molecule has 4 rings (SSSR count). The molecular formula is C20H20F2N4O4S. The number of anilines is 1. The van der Waals surface area contributed by atoms with Gasteiger partial charge in [0.05, 0.1) is 34.6 Å². The average molecular weight is 450 g/mol. The predicted molar refractivity (Wildman–Crippen MR) is 110 cm³/mol. The Morgan fingerprint density at radius 2 is 1.94 bits per heavy atom. The molecule has 8 nitrogen and oxygen atoms in total. The van der Waals surface area contributed by atoms with Crippen LogP contribution in [0.3, 0.4) is 0 Å². The van der Waals surface area contributed by atoms with Gasteiger partial charge in [-0.1, -0.05) is 19.3 Å². The number of ketones is 1. The summed E-state index contributed by atoms with van der Waals surface area (Å²) in [7, 11) is -2.55. The summed E-state index contributed by atoms with van der Waals surface area (Å²) in [5.41, 5.74) is -1.20. The zero-order valence-corrected chi connectivity index (χ0v) is 17.4. The van der Waals surface area contributed by atoms with Crippen molar-refractivity contribution in [3.05, 3.63) is 47.4 Å². The third-order valence-corrected chi connectivity index (χ3v) is 7.29. The fourth-order valence-corrected chi connectivity index (χ4v) is 5.44. The molecule has 11 heteroatoms. The number of nitrogens with zero attached hydrogens (tertiary/aromatic N) is 2. The molecule has 2 aromatic heterocycles. The van der Waals surface area contributed by atoms with E-state index in [1.807, 2.05) is 0 Å². The number of fused-ring (bicyclic) bond motifs is 1. The maximum atomic E-state index is 15.2. The Bertz CT molecular complexity index is 1250. The molecule has 0 amide bonds. The number of aromatic amines is 1. The van der Waals surface area contributed by atoms with Crippen LogP contribution in [0.4, 0.5) is 14.5 Å². The summed E-state index contributed by atoms with van der Waals surface area (Å²) in [6.07, 6.45) is 5.90. The van der Waals surface area contributed by atoms with Gasteiger partial charge in [0.15, 0.2) is 5.82 Å². The van der Waals surface area contributed by atoms with E-state index in [0.29, 0.717) is 12.8 Å². The number of nitrogens with one attached hydrogen (secondary N) is 2. The van der Waals surface area contributed by atoms with E-state index in [1.54, 1.807) is 0 Å². The highest BCUT2D eigenvalue weighted by Gasteiger charge is 2.30. The van der Waals surface area contributed by atoms with Gasteiger partial charge in [0, 0.05) is 6.20 Å². The van der Waals surface area contributed by atoms with Crippen molar-refractivity contribution in [2.75, 3.05) is 11.8 Å². The standard InChI is InChI=1S/C20H20F2N4O4S/c1-30-20-15-12(9-23-19(15)24-10-25-20)18(27)16-13(21)7-8-14(17(16)22)26-31(28,29)11-5-3-2-4-6-11/h7-11,26H,2-6H2,1H3,(H,23,24,25). The van der Waals surface area contributed by atoms with Crippen LogP contribution >= 0.6 is 0 Å². The fraction of sp³-hybridized carbons (Fsp3) is 0.350. The smallest absolute Gasteiger partial charge is 0.235 e. The molecule has 1 saturated carbocycles. The van der Waals surface area contributed by atoms with E-state index >= 15 is 4.39 Å². The molecule has 164 valence electrons. The van der Waals surface area contributed by atoms with Gasteiger partial charge in [-0.2, -0.15) is 0 Å². The molecule has 0 aliphatic heterocycles. The molecule has 2 N–H and O–H groups in total. The highest BCUT2D eigenvalue weighted by Crippen LogP contribution is 2.31. The number of benzene rings is 1. The van der Waals surface area contributed by atoms with Crippen LogP contribution in [0.1, 0.15) is 48.0 Å². The Morgan fingerprint density at radius 3 is 2.65 bits per heavy atom. The molecular weight excluding hydrogens is 430 g/mol. The molecule has 0 spiro atoms. The Labute approximate surface area is 177 Å². The third kappa shape index (κ3) is 3.85. The number of carbonyl (C=O) groups excluding carboxylic acids is 1. The Morgan fingerprint density at radius 1 is 1.19 bits per heavy atom. The molecule has 1 aliphatic carbocycles. The zero-order valence-electron chi connectivity index (χ0n) is 16.6. The molecule has 2 heterocycles. The maximum absolute atomic E-state index is 15.2. The van der Waals surface area contributed by atoms with Gasteiger partial charge in [0.1, 0.15) is 17.8 Å². The van der Waals surface area contributed by atoms with Crippen LogP contribution < -0.4 is 9.46 Å². The number of ether oxygens (including phenoxy) is 1. The Balaban J connectivity index is 1.74. The number of hydrogen-bond donors (Lipinski definition) is 2. The molecule has 1 aromatic carbocycles. The number of sulfonamides is 1. The summed E-state index contributed by atoms with van der Waals surface area (Å²) in [4.78, 5) is 23.7. The molecule has 0 unspecified atom stereocenters. The summed E-state index contributed by atoms with van der Waals surface area (Å²) < 4.78 is 62.4. The van der Waals surface area contributed by atoms with Crippen LogP contribution in [0.2, 0.25) is 0 Å². The SMILES string of the molecule is COc1ncnc2[nH]cc(C(=O)c3c(F)ccc(NS(=O)(=O)C4CCCCC4)c3F)c12. The Kier molecular flexibility index (Phi) is 5.61. The number of carbonyl (C=O) groups is 1.